The van der Waals surface area contributed by atoms with Gasteiger partial charge in [0.15, 0.2) is 0 Å². The number of furan rings is 1. The smallest absolute Gasteiger partial charge is 0.106 e. The number of aliphatic hydroxyl groups is 1. The second kappa shape index (κ2) is 4.29. The highest BCUT2D eigenvalue weighted by Gasteiger charge is 2.13. The van der Waals surface area contributed by atoms with Gasteiger partial charge in [0.1, 0.15) is 5.76 Å². The van der Waals surface area contributed by atoms with Crippen LogP contribution in [0, 0.1) is 0 Å². The molecule has 14 heavy (non-hydrogen) atoms. The highest BCUT2D eigenvalue weighted by atomic mass is 79.9. The summed E-state index contributed by atoms with van der Waals surface area (Å²) in [5, 5.41) is 13.8. The molecule has 2 aromatic rings. The Morgan fingerprint density at radius 3 is 2.93 bits per heavy atom. The molecule has 1 unspecified atom stereocenters. The number of hydrogen-bond donors (Lipinski definition) is 1. The molecule has 1 N–H and O–H groups in total. The molecule has 0 saturated heterocycles. The highest BCUT2D eigenvalue weighted by molar-refractivity contribution is 9.10. The number of halogens is 1. The zero-order chi connectivity index (χ0) is 9.97. The predicted molar refractivity (Wildman–Crippen MR) is 59.4 cm³/mol. The minimum absolute atomic E-state index is 0.498. The third-order valence-corrected chi connectivity index (χ3v) is 3.73. The van der Waals surface area contributed by atoms with Gasteiger partial charge in [0.05, 0.1) is 12.4 Å². The van der Waals surface area contributed by atoms with E-state index in [2.05, 4.69) is 15.9 Å². The van der Waals surface area contributed by atoms with Gasteiger partial charge in [0.25, 0.3) is 0 Å². The van der Waals surface area contributed by atoms with Crippen LogP contribution < -0.4 is 0 Å². The summed E-state index contributed by atoms with van der Waals surface area (Å²) >= 11 is 4.96. The zero-order valence-electron chi connectivity index (χ0n) is 7.31. The monoisotopic (exact) mass is 272 g/mol. The molecule has 2 nitrogen and oxygen atoms in total. The third-order valence-electron chi connectivity index (χ3n) is 1.98. The molecule has 0 fully saturated rings. The summed E-state index contributed by atoms with van der Waals surface area (Å²) in [7, 11) is 0. The topological polar surface area (TPSA) is 33.4 Å². The highest BCUT2D eigenvalue weighted by Crippen LogP contribution is 2.29. The summed E-state index contributed by atoms with van der Waals surface area (Å²) in [4.78, 5) is 0. The lowest BCUT2D eigenvalue weighted by atomic mass is 10.1. The lowest BCUT2D eigenvalue weighted by molar-refractivity contribution is 0.170. The van der Waals surface area contributed by atoms with Crippen molar-refractivity contribution >= 4 is 27.3 Å². The zero-order valence-corrected chi connectivity index (χ0v) is 9.72. The van der Waals surface area contributed by atoms with Crippen molar-refractivity contribution in [2.75, 3.05) is 0 Å². The SMILES string of the molecule is OC(Cc1ccco1)c1cscc1Br. The van der Waals surface area contributed by atoms with E-state index < -0.39 is 6.10 Å². The van der Waals surface area contributed by atoms with Crippen LogP contribution in [0.2, 0.25) is 0 Å². The number of rotatable bonds is 3. The fourth-order valence-corrected chi connectivity index (χ4v) is 2.87. The Bertz CT molecular complexity index is 394. The van der Waals surface area contributed by atoms with Gasteiger partial charge in [-0.1, -0.05) is 0 Å². The minimum Gasteiger partial charge on any atom is -0.469 e. The van der Waals surface area contributed by atoms with Crippen LogP contribution in [-0.2, 0) is 6.42 Å². The standard InChI is InChI=1S/C10H9BrO2S/c11-9-6-14-5-8(9)10(12)4-7-2-1-3-13-7/h1-3,5-6,10,12H,4H2. The fourth-order valence-electron chi connectivity index (χ4n) is 1.26. The van der Waals surface area contributed by atoms with Crippen LogP contribution in [-0.4, -0.2) is 5.11 Å². The van der Waals surface area contributed by atoms with Crippen LogP contribution in [0.3, 0.4) is 0 Å². The first-order chi connectivity index (χ1) is 6.77. The Labute approximate surface area is 94.3 Å². The minimum atomic E-state index is -0.498. The van der Waals surface area contributed by atoms with Crippen molar-refractivity contribution in [3.05, 3.63) is 45.0 Å². The average Bonchev–Trinajstić information content (AvgIpc) is 2.75. The summed E-state index contributed by atoms with van der Waals surface area (Å²) < 4.78 is 6.13. The first-order valence-corrected chi connectivity index (χ1v) is 5.93. The molecule has 0 radical (unpaired) electrons. The summed E-state index contributed by atoms with van der Waals surface area (Å²) in [6.07, 6.45) is 1.63. The third kappa shape index (κ3) is 2.08. The maximum Gasteiger partial charge on any atom is 0.106 e. The molecule has 4 heteroatoms. The van der Waals surface area contributed by atoms with E-state index in [0.717, 1.165) is 15.8 Å². The average molecular weight is 273 g/mol. The van der Waals surface area contributed by atoms with E-state index in [0.29, 0.717) is 6.42 Å². The Balaban J connectivity index is 2.10. The van der Waals surface area contributed by atoms with E-state index in [1.807, 2.05) is 22.9 Å². The van der Waals surface area contributed by atoms with Gasteiger partial charge in [0.2, 0.25) is 0 Å². The maximum atomic E-state index is 9.88. The van der Waals surface area contributed by atoms with Crippen LogP contribution in [0.15, 0.2) is 38.0 Å². The molecule has 1 atom stereocenters. The number of aliphatic hydroxyl groups excluding tert-OH is 1. The van der Waals surface area contributed by atoms with Gasteiger partial charge in [-0.15, -0.1) is 0 Å². The van der Waals surface area contributed by atoms with Crippen molar-refractivity contribution in [2.45, 2.75) is 12.5 Å². The second-order valence-electron chi connectivity index (χ2n) is 2.97. The molecule has 2 heterocycles. The first-order valence-electron chi connectivity index (χ1n) is 4.19. The van der Waals surface area contributed by atoms with Crippen LogP contribution in [0.5, 0.6) is 0 Å². The van der Waals surface area contributed by atoms with Gasteiger partial charge in [-0.25, -0.2) is 0 Å². The van der Waals surface area contributed by atoms with E-state index >= 15 is 0 Å². The van der Waals surface area contributed by atoms with Crippen molar-refractivity contribution in [3.63, 3.8) is 0 Å². The molecule has 2 aromatic heterocycles. The number of hydrogen-bond acceptors (Lipinski definition) is 3. The van der Waals surface area contributed by atoms with Gasteiger partial charge in [-0.05, 0) is 33.4 Å². The number of thiophene rings is 1. The first kappa shape index (κ1) is 9.96. The van der Waals surface area contributed by atoms with Crippen molar-refractivity contribution in [1.82, 2.24) is 0 Å². The molecule has 0 amide bonds. The summed E-state index contributed by atoms with van der Waals surface area (Å²) in [5.74, 6) is 0.801. The van der Waals surface area contributed by atoms with Crippen molar-refractivity contribution < 1.29 is 9.52 Å². The molecular weight excluding hydrogens is 264 g/mol. The van der Waals surface area contributed by atoms with Crippen LogP contribution >= 0.6 is 27.3 Å². The van der Waals surface area contributed by atoms with E-state index in [-0.39, 0.29) is 0 Å². The maximum absolute atomic E-state index is 9.88. The summed E-state index contributed by atoms with van der Waals surface area (Å²) in [5.41, 5.74) is 0.923. The van der Waals surface area contributed by atoms with E-state index in [9.17, 15) is 5.11 Å². The van der Waals surface area contributed by atoms with E-state index in [4.69, 9.17) is 4.42 Å². The van der Waals surface area contributed by atoms with Crippen molar-refractivity contribution in [2.24, 2.45) is 0 Å². The molecule has 2 rings (SSSR count). The van der Waals surface area contributed by atoms with Crippen LogP contribution in [0.1, 0.15) is 17.4 Å². The Morgan fingerprint density at radius 2 is 2.36 bits per heavy atom. The lowest BCUT2D eigenvalue weighted by Crippen LogP contribution is -1.99. The molecule has 74 valence electrons. The molecule has 0 bridgehead atoms. The molecular formula is C10H9BrO2S. The molecule has 0 aliphatic carbocycles. The Kier molecular flexibility index (Phi) is 3.05. The van der Waals surface area contributed by atoms with E-state index in [1.54, 1.807) is 17.6 Å². The molecule has 0 aromatic carbocycles. The summed E-state index contributed by atoms with van der Waals surface area (Å²) in [6.45, 7) is 0. The van der Waals surface area contributed by atoms with Gasteiger partial charge in [0, 0.05) is 21.8 Å². The van der Waals surface area contributed by atoms with Gasteiger partial charge >= 0.3 is 0 Å². The van der Waals surface area contributed by atoms with Gasteiger partial charge < -0.3 is 9.52 Å². The van der Waals surface area contributed by atoms with Crippen LogP contribution in [0.4, 0.5) is 0 Å². The quantitative estimate of drug-likeness (QED) is 0.930. The Hall–Kier alpha value is -0.580. The molecule has 0 aliphatic heterocycles. The predicted octanol–water partition coefficient (Wildman–Crippen LogP) is 3.38. The largest absolute Gasteiger partial charge is 0.469 e. The van der Waals surface area contributed by atoms with Crippen molar-refractivity contribution in [1.29, 1.82) is 0 Å². The van der Waals surface area contributed by atoms with E-state index in [1.165, 1.54) is 0 Å². The Morgan fingerprint density at radius 1 is 1.50 bits per heavy atom. The fraction of sp³-hybridized carbons (Fsp3) is 0.200. The molecule has 0 aliphatic rings. The molecule has 0 spiro atoms. The normalized spacial score (nSPS) is 13.0. The van der Waals surface area contributed by atoms with Gasteiger partial charge in [-0.3, -0.25) is 0 Å². The van der Waals surface area contributed by atoms with Gasteiger partial charge in [-0.2, -0.15) is 11.3 Å². The van der Waals surface area contributed by atoms with Crippen LogP contribution in [0.25, 0.3) is 0 Å². The molecule has 0 saturated carbocycles. The van der Waals surface area contributed by atoms with Crippen molar-refractivity contribution in [3.8, 4) is 0 Å². The lowest BCUT2D eigenvalue weighted by Gasteiger charge is -2.07. The second-order valence-corrected chi connectivity index (χ2v) is 4.57. The summed E-state index contributed by atoms with van der Waals surface area (Å²) in [6, 6.07) is 3.69.